The maximum atomic E-state index is 12.5. The molecule has 1 aromatic rings. The summed E-state index contributed by atoms with van der Waals surface area (Å²) in [7, 11) is -0.748. The minimum absolute atomic E-state index is 0.0224. The highest BCUT2D eigenvalue weighted by molar-refractivity contribution is 7.89. The fraction of sp³-hybridized carbons (Fsp3) is 0.667. The van der Waals surface area contributed by atoms with Crippen LogP contribution in [-0.2, 0) is 10.0 Å². The number of β-amino-alcohol motifs (C(OH)–C–C–N with tert-alkyl or cyclic N) is 1. The Morgan fingerprint density at radius 1 is 1.48 bits per heavy atom. The zero-order valence-electron chi connectivity index (χ0n) is 12.6. The topological polar surface area (TPSA) is 95.7 Å². The number of sulfonamides is 1. The predicted octanol–water partition coefficient (Wildman–Crippen LogP) is -0.398. The molecule has 0 unspecified atom stereocenters. The van der Waals surface area contributed by atoms with Crippen molar-refractivity contribution in [2.24, 2.45) is 5.92 Å². The maximum absolute atomic E-state index is 12.5. The van der Waals surface area contributed by atoms with Gasteiger partial charge in [0.15, 0.2) is 5.69 Å². The summed E-state index contributed by atoms with van der Waals surface area (Å²) < 4.78 is 50.1. The van der Waals surface area contributed by atoms with Gasteiger partial charge in [0.05, 0.1) is 11.9 Å². The first-order chi connectivity index (χ1) is 10.6. The predicted molar refractivity (Wildman–Crippen MR) is 76.4 cm³/mol. The Morgan fingerprint density at radius 2 is 2.13 bits per heavy atom. The molecule has 2 heterocycles. The molecule has 1 fully saturated rings. The van der Waals surface area contributed by atoms with Crippen molar-refractivity contribution in [3.05, 3.63) is 18.0 Å². The number of rotatable bonds is 5. The Labute approximate surface area is 132 Å². The van der Waals surface area contributed by atoms with Crippen molar-refractivity contribution in [2.45, 2.75) is 12.7 Å². The number of likely N-dealkylation sites (tertiary alicyclic amines) is 1. The van der Waals surface area contributed by atoms with Gasteiger partial charge in [-0.1, -0.05) is 0 Å². The van der Waals surface area contributed by atoms with Gasteiger partial charge in [-0.2, -0.15) is 13.9 Å². The molecular formula is C12H18F2N4O4S. The molecule has 2 rings (SSSR count). The molecule has 1 aliphatic rings. The lowest BCUT2D eigenvalue weighted by Gasteiger charge is -2.17. The second kappa shape index (κ2) is 6.49. The maximum Gasteiger partial charge on any atom is 0.333 e. The van der Waals surface area contributed by atoms with E-state index >= 15 is 0 Å². The van der Waals surface area contributed by atoms with Crippen molar-refractivity contribution in [2.75, 3.05) is 32.9 Å². The van der Waals surface area contributed by atoms with Gasteiger partial charge in [0.2, 0.25) is 10.0 Å². The number of aromatic nitrogens is 2. The fourth-order valence-electron chi connectivity index (χ4n) is 2.33. The van der Waals surface area contributed by atoms with E-state index in [4.69, 9.17) is 0 Å². The number of aliphatic hydroxyl groups is 1. The molecule has 0 spiro atoms. The normalized spacial score (nSPS) is 22.3. The lowest BCUT2D eigenvalue weighted by molar-refractivity contribution is 0.0552. The zero-order chi connectivity index (χ0) is 17.4. The highest BCUT2D eigenvalue weighted by Gasteiger charge is 2.38. The van der Waals surface area contributed by atoms with Crippen molar-refractivity contribution in [3.8, 4) is 0 Å². The van der Waals surface area contributed by atoms with E-state index in [2.05, 4.69) is 5.10 Å². The van der Waals surface area contributed by atoms with Crippen LogP contribution in [0.4, 0.5) is 8.78 Å². The van der Waals surface area contributed by atoms with Crippen LogP contribution >= 0.6 is 0 Å². The molecule has 0 aliphatic carbocycles. The third-order valence-electron chi connectivity index (χ3n) is 3.70. The molecule has 130 valence electrons. The van der Waals surface area contributed by atoms with Crippen LogP contribution in [-0.4, -0.2) is 77.5 Å². The molecule has 0 aromatic carbocycles. The van der Waals surface area contributed by atoms with Crippen LogP contribution in [0.3, 0.4) is 0 Å². The minimum Gasteiger partial charge on any atom is -0.391 e. The van der Waals surface area contributed by atoms with Crippen LogP contribution in [0.15, 0.2) is 12.3 Å². The van der Waals surface area contributed by atoms with E-state index in [0.29, 0.717) is 4.68 Å². The SMILES string of the molecule is CN(C)S(=O)(=O)C[C@@H]1CN(C(=O)c2ccn(C(F)F)n2)C[C@H]1O. The third kappa shape index (κ3) is 3.85. The van der Waals surface area contributed by atoms with Gasteiger partial charge in [0.25, 0.3) is 5.91 Å². The Balaban J connectivity index is 2.06. The number of aliphatic hydroxyl groups excluding tert-OH is 1. The van der Waals surface area contributed by atoms with Gasteiger partial charge in [-0.05, 0) is 6.07 Å². The first-order valence-corrected chi connectivity index (χ1v) is 8.43. The minimum atomic E-state index is -3.52. The Hall–Kier alpha value is -1.59. The lowest BCUT2D eigenvalue weighted by Crippen LogP contribution is -2.33. The number of carbonyl (C=O) groups is 1. The lowest BCUT2D eigenvalue weighted by atomic mass is 10.1. The summed E-state index contributed by atoms with van der Waals surface area (Å²) in [6.07, 6.45) is -0.0101. The van der Waals surface area contributed by atoms with Crippen molar-refractivity contribution in [1.29, 1.82) is 0 Å². The molecule has 0 bridgehead atoms. The second-order valence-electron chi connectivity index (χ2n) is 5.56. The van der Waals surface area contributed by atoms with E-state index in [9.17, 15) is 27.1 Å². The molecule has 1 amide bonds. The number of carbonyl (C=O) groups excluding carboxylic acids is 1. The van der Waals surface area contributed by atoms with E-state index in [0.717, 1.165) is 16.6 Å². The van der Waals surface area contributed by atoms with E-state index in [-0.39, 0.29) is 24.5 Å². The van der Waals surface area contributed by atoms with Crippen molar-refractivity contribution >= 4 is 15.9 Å². The number of alkyl halides is 2. The molecule has 1 saturated heterocycles. The molecule has 8 nitrogen and oxygen atoms in total. The van der Waals surface area contributed by atoms with E-state index in [1.165, 1.54) is 19.0 Å². The summed E-state index contributed by atoms with van der Waals surface area (Å²) in [5, 5.41) is 13.4. The molecule has 0 radical (unpaired) electrons. The molecule has 1 aromatic heterocycles. The van der Waals surface area contributed by atoms with E-state index < -0.39 is 34.5 Å². The summed E-state index contributed by atoms with van der Waals surface area (Å²) in [6, 6.07) is 1.16. The summed E-state index contributed by atoms with van der Waals surface area (Å²) in [6.45, 7) is -2.89. The quantitative estimate of drug-likeness (QED) is 0.778. The van der Waals surface area contributed by atoms with Gasteiger partial charge < -0.3 is 10.0 Å². The standard InChI is InChI=1S/C12H18F2N4O4S/c1-16(2)23(21,22)7-8-5-17(6-10(8)19)11(20)9-3-4-18(15-9)12(13)14/h3-4,8,10,12,19H,5-7H2,1-2H3/t8-,10+/m0/s1. The van der Waals surface area contributed by atoms with Gasteiger partial charge in [-0.3, -0.25) is 4.79 Å². The van der Waals surface area contributed by atoms with E-state index in [1.807, 2.05) is 0 Å². The van der Waals surface area contributed by atoms with Crippen LogP contribution in [0.1, 0.15) is 17.0 Å². The number of nitrogens with zero attached hydrogens (tertiary/aromatic N) is 4. The van der Waals surface area contributed by atoms with Gasteiger partial charge in [0.1, 0.15) is 0 Å². The van der Waals surface area contributed by atoms with E-state index in [1.54, 1.807) is 0 Å². The summed E-state index contributed by atoms with van der Waals surface area (Å²) in [5.74, 6) is -1.55. The van der Waals surface area contributed by atoms with Crippen molar-refractivity contribution in [3.63, 3.8) is 0 Å². The Bertz CT molecular complexity index is 676. The van der Waals surface area contributed by atoms with Crippen LogP contribution < -0.4 is 0 Å². The molecule has 1 N–H and O–H groups in total. The number of hydrogen-bond acceptors (Lipinski definition) is 5. The first-order valence-electron chi connectivity index (χ1n) is 6.82. The zero-order valence-corrected chi connectivity index (χ0v) is 13.4. The van der Waals surface area contributed by atoms with Gasteiger partial charge in [0, 0.05) is 39.3 Å². The average molecular weight is 352 g/mol. The smallest absolute Gasteiger partial charge is 0.333 e. The molecular weight excluding hydrogens is 334 g/mol. The fourth-order valence-corrected chi connectivity index (χ4v) is 3.49. The Morgan fingerprint density at radius 3 is 2.65 bits per heavy atom. The summed E-state index contributed by atoms with van der Waals surface area (Å²) in [4.78, 5) is 13.4. The van der Waals surface area contributed by atoms with Gasteiger partial charge in [-0.15, -0.1) is 0 Å². The van der Waals surface area contributed by atoms with Crippen LogP contribution in [0.5, 0.6) is 0 Å². The highest BCUT2D eigenvalue weighted by Crippen LogP contribution is 2.21. The van der Waals surface area contributed by atoms with Crippen LogP contribution in [0.25, 0.3) is 0 Å². The Kier molecular flexibility index (Phi) is 5.01. The molecule has 23 heavy (non-hydrogen) atoms. The van der Waals surface area contributed by atoms with Gasteiger partial charge >= 0.3 is 6.55 Å². The molecule has 1 aliphatic heterocycles. The highest BCUT2D eigenvalue weighted by atomic mass is 32.2. The molecule has 2 atom stereocenters. The largest absolute Gasteiger partial charge is 0.391 e. The number of hydrogen-bond donors (Lipinski definition) is 1. The summed E-state index contributed by atoms with van der Waals surface area (Å²) in [5.41, 5.74) is -0.173. The number of halogens is 2. The van der Waals surface area contributed by atoms with Crippen LogP contribution in [0, 0.1) is 5.92 Å². The number of amides is 1. The van der Waals surface area contributed by atoms with Crippen molar-refractivity contribution in [1.82, 2.24) is 19.0 Å². The van der Waals surface area contributed by atoms with Gasteiger partial charge in [-0.25, -0.2) is 17.4 Å². The summed E-state index contributed by atoms with van der Waals surface area (Å²) >= 11 is 0. The van der Waals surface area contributed by atoms with Crippen LogP contribution in [0.2, 0.25) is 0 Å². The second-order valence-corrected chi connectivity index (χ2v) is 7.78. The monoisotopic (exact) mass is 352 g/mol. The first kappa shape index (κ1) is 17.8. The molecule has 11 heteroatoms. The third-order valence-corrected chi connectivity index (χ3v) is 5.66. The molecule has 0 saturated carbocycles. The van der Waals surface area contributed by atoms with Crippen molar-refractivity contribution < 1.29 is 27.1 Å². The average Bonchev–Trinajstić information content (AvgIpc) is 3.05.